The number of nitrogens with zero attached hydrogens (tertiary/aromatic N) is 2. The van der Waals surface area contributed by atoms with Gasteiger partial charge in [0, 0.05) is 12.1 Å². The number of aromatic nitrogens is 3. The number of nitrogens with one attached hydrogen (secondary N) is 3. The van der Waals surface area contributed by atoms with Crippen molar-refractivity contribution < 1.29 is 14.3 Å². The lowest BCUT2D eigenvalue weighted by atomic mass is 10.1. The number of H-pyrrole nitrogens is 1. The molecule has 0 bridgehead atoms. The Kier molecular flexibility index (Phi) is 4.59. The number of para-hydroxylation sites is 1. The number of ether oxygens (including phenoxy) is 1. The minimum absolute atomic E-state index is 0.138. The predicted octanol–water partition coefficient (Wildman–Crippen LogP) is 2.47. The molecule has 0 aliphatic carbocycles. The first-order valence-electron chi connectivity index (χ1n) is 8.44. The van der Waals surface area contributed by atoms with Crippen LogP contribution in [0.25, 0.3) is 11.3 Å². The number of carbonyl (C=O) groups is 2. The maximum atomic E-state index is 12.5. The van der Waals surface area contributed by atoms with Gasteiger partial charge in [-0.3, -0.25) is 20.0 Å². The first kappa shape index (κ1) is 17.2. The molecule has 3 aromatic rings. The van der Waals surface area contributed by atoms with E-state index in [0.717, 1.165) is 17.7 Å². The molecule has 3 N–H and O–H groups in total. The van der Waals surface area contributed by atoms with E-state index in [0.29, 0.717) is 40.1 Å². The summed E-state index contributed by atoms with van der Waals surface area (Å²) in [6, 6.07) is 9.09. The van der Waals surface area contributed by atoms with Gasteiger partial charge in [0.2, 0.25) is 0 Å². The third-order valence-corrected chi connectivity index (χ3v) is 5.22. The SMILES string of the molecule is COc1ccccc1-c1cc(C(=O)Nc2nc3c(s2)C(=O)NCCC3)[nH]n1. The van der Waals surface area contributed by atoms with Crippen molar-refractivity contribution in [3.8, 4) is 17.0 Å². The second kappa shape index (κ2) is 7.20. The van der Waals surface area contributed by atoms with Gasteiger partial charge in [-0.25, -0.2) is 4.98 Å². The highest BCUT2D eigenvalue weighted by molar-refractivity contribution is 7.17. The summed E-state index contributed by atoms with van der Waals surface area (Å²) < 4.78 is 5.33. The van der Waals surface area contributed by atoms with Crippen molar-refractivity contribution in [2.75, 3.05) is 19.0 Å². The van der Waals surface area contributed by atoms with Gasteiger partial charge in [0.1, 0.15) is 16.3 Å². The van der Waals surface area contributed by atoms with Crippen LogP contribution in [0, 0.1) is 0 Å². The zero-order valence-corrected chi connectivity index (χ0v) is 15.4. The van der Waals surface area contributed by atoms with Crippen molar-refractivity contribution in [3.63, 3.8) is 0 Å². The Bertz CT molecular complexity index is 1010. The average Bonchev–Trinajstić information content (AvgIpc) is 3.29. The molecule has 0 saturated carbocycles. The number of anilines is 1. The highest BCUT2D eigenvalue weighted by atomic mass is 32.1. The van der Waals surface area contributed by atoms with Crippen LogP contribution < -0.4 is 15.4 Å². The van der Waals surface area contributed by atoms with E-state index in [1.54, 1.807) is 13.2 Å². The molecule has 0 spiro atoms. The lowest BCUT2D eigenvalue weighted by molar-refractivity contribution is 0.0958. The highest BCUT2D eigenvalue weighted by Gasteiger charge is 2.22. The molecule has 0 radical (unpaired) electrons. The summed E-state index contributed by atoms with van der Waals surface area (Å²) >= 11 is 1.18. The molecule has 0 atom stereocenters. The van der Waals surface area contributed by atoms with Crippen LogP contribution in [-0.2, 0) is 6.42 Å². The monoisotopic (exact) mass is 383 g/mol. The van der Waals surface area contributed by atoms with Crippen molar-refractivity contribution in [2.24, 2.45) is 0 Å². The van der Waals surface area contributed by atoms with Gasteiger partial charge in [0.15, 0.2) is 5.13 Å². The van der Waals surface area contributed by atoms with E-state index in [4.69, 9.17) is 4.74 Å². The van der Waals surface area contributed by atoms with Gasteiger partial charge >= 0.3 is 0 Å². The van der Waals surface area contributed by atoms with Crippen LogP contribution in [0.2, 0.25) is 0 Å². The molecule has 8 nitrogen and oxygen atoms in total. The Morgan fingerprint density at radius 2 is 2.19 bits per heavy atom. The van der Waals surface area contributed by atoms with Crippen molar-refractivity contribution in [1.82, 2.24) is 20.5 Å². The number of thiazole rings is 1. The molecule has 1 aromatic carbocycles. The summed E-state index contributed by atoms with van der Waals surface area (Å²) in [6.45, 7) is 0.642. The number of benzene rings is 1. The zero-order valence-electron chi connectivity index (χ0n) is 14.5. The first-order chi connectivity index (χ1) is 13.2. The van der Waals surface area contributed by atoms with Crippen molar-refractivity contribution in [1.29, 1.82) is 0 Å². The molecule has 27 heavy (non-hydrogen) atoms. The Morgan fingerprint density at radius 1 is 1.33 bits per heavy atom. The number of hydrogen-bond donors (Lipinski definition) is 3. The second-order valence-electron chi connectivity index (χ2n) is 5.98. The third kappa shape index (κ3) is 3.41. The van der Waals surface area contributed by atoms with E-state index in [1.165, 1.54) is 11.3 Å². The summed E-state index contributed by atoms with van der Waals surface area (Å²) in [7, 11) is 1.59. The Morgan fingerprint density at radius 3 is 3.04 bits per heavy atom. The number of hydrogen-bond acceptors (Lipinski definition) is 6. The largest absolute Gasteiger partial charge is 0.496 e. The predicted molar refractivity (Wildman–Crippen MR) is 101 cm³/mol. The van der Waals surface area contributed by atoms with E-state index in [-0.39, 0.29) is 11.8 Å². The maximum absolute atomic E-state index is 12.5. The summed E-state index contributed by atoms with van der Waals surface area (Å²) in [5.41, 5.74) is 2.41. The lowest BCUT2D eigenvalue weighted by Crippen LogP contribution is -2.21. The molecule has 138 valence electrons. The van der Waals surface area contributed by atoms with Gasteiger partial charge in [-0.1, -0.05) is 23.5 Å². The van der Waals surface area contributed by atoms with Crippen molar-refractivity contribution in [3.05, 3.63) is 46.6 Å². The zero-order chi connectivity index (χ0) is 18.8. The molecular weight excluding hydrogens is 366 g/mol. The van der Waals surface area contributed by atoms with Crippen LogP contribution >= 0.6 is 11.3 Å². The summed E-state index contributed by atoms with van der Waals surface area (Å²) in [5.74, 6) is 0.166. The number of carbonyl (C=O) groups excluding carboxylic acids is 2. The third-order valence-electron chi connectivity index (χ3n) is 4.21. The first-order valence-corrected chi connectivity index (χ1v) is 9.25. The molecule has 0 unspecified atom stereocenters. The molecule has 0 fully saturated rings. The number of amides is 2. The summed E-state index contributed by atoms with van der Waals surface area (Å²) in [4.78, 5) is 29.5. The topological polar surface area (TPSA) is 109 Å². The van der Waals surface area contributed by atoms with Crippen molar-refractivity contribution >= 4 is 28.3 Å². The smallest absolute Gasteiger partial charge is 0.275 e. The lowest BCUT2D eigenvalue weighted by Gasteiger charge is -2.04. The molecule has 0 saturated heterocycles. The van der Waals surface area contributed by atoms with E-state index in [2.05, 4.69) is 25.8 Å². The molecule has 2 aromatic heterocycles. The van der Waals surface area contributed by atoms with Gasteiger partial charge in [-0.05, 0) is 31.0 Å². The fourth-order valence-corrected chi connectivity index (χ4v) is 3.81. The van der Waals surface area contributed by atoms with E-state index in [1.807, 2.05) is 24.3 Å². The fraction of sp³-hybridized carbons (Fsp3) is 0.222. The Labute approximate surface area is 159 Å². The molecule has 4 rings (SSSR count). The summed E-state index contributed by atoms with van der Waals surface area (Å²) in [5, 5.41) is 12.9. The number of fused-ring (bicyclic) bond motifs is 1. The molecule has 2 amide bonds. The molecule has 1 aliphatic rings. The fourth-order valence-electron chi connectivity index (χ4n) is 2.89. The number of rotatable bonds is 4. The number of aryl methyl sites for hydroxylation is 1. The normalized spacial score (nSPS) is 13.4. The van der Waals surface area contributed by atoms with Crippen LogP contribution in [0.4, 0.5) is 5.13 Å². The standard InChI is InChI=1S/C18H17N5O3S/c1-26-14-7-3-2-5-10(14)12-9-13(23-22-12)16(24)21-18-20-11-6-4-8-19-17(25)15(11)27-18/h2-3,5,7,9H,4,6,8H2,1H3,(H,19,25)(H,22,23)(H,20,21,24). The van der Waals surface area contributed by atoms with Gasteiger partial charge < -0.3 is 10.1 Å². The molecule has 3 heterocycles. The van der Waals surface area contributed by atoms with E-state index in [9.17, 15) is 9.59 Å². The van der Waals surface area contributed by atoms with Crippen LogP contribution in [0.5, 0.6) is 5.75 Å². The van der Waals surface area contributed by atoms with Gasteiger partial charge in [-0.2, -0.15) is 5.10 Å². The molecular formula is C18H17N5O3S. The van der Waals surface area contributed by atoms with Crippen LogP contribution in [0.1, 0.15) is 32.3 Å². The van der Waals surface area contributed by atoms with Gasteiger partial charge in [0.25, 0.3) is 11.8 Å². The van der Waals surface area contributed by atoms with Crippen LogP contribution in [0.15, 0.2) is 30.3 Å². The Hall–Kier alpha value is -3.20. The quantitative estimate of drug-likeness (QED) is 0.641. The van der Waals surface area contributed by atoms with E-state index >= 15 is 0 Å². The molecule has 1 aliphatic heterocycles. The van der Waals surface area contributed by atoms with Gasteiger partial charge in [0.05, 0.1) is 18.5 Å². The minimum atomic E-state index is -0.368. The van der Waals surface area contributed by atoms with Crippen LogP contribution in [-0.4, -0.2) is 40.7 Å². The van der Waals surface area contributed by atoms with Gasteiger partial charge in [-0.15, -0.1) is 0 Å². The minimum Gasteiger partial charge on any atom is -0.496 e. The highest BCUT2D eigenvalue weighted by Crippen LogP contribution is 2.29. The Balaban J connectivity index is 1.54. The second-order valence-corrected chi connectivity index (χ2v) is 6.97. The summed E-state index contributed by atoms with van der Waals surface area (Å²) in [6.07, 6.45) is 1.54. The maximum Gasteiger partial charge on any atom is 0.275 e. The number of aromatic amines is 1. The molecule has 9 heteroatoms. The average molecular weight is 383 g/mol. The van der Waals surface area contributed by atoms with Crippen LogP contribution in [0.3, 0.4) is 0 Å². The number of methoxy groups -OCH3 is 1. The van der Waals surface area contributed by atoms with E-state index < -0.39 is 0 Å². The van der Waals surface area contributed by atoms with Crippen molar-refractivity contribution in [2.45, 2.75) is 12.8 Å².